The summed E-state index contributed by atoms with van der Waals surface area (Å²) in [6.45, 7) is 2.35. The number of nitrogens with zero attached hydrogens (tertiary/aromatic N) is 1. The molecule has 2 heterocycles. The Kier molecular flexibility index (Phi) is 2.70. The van der Waals surface area contributed by atoms with Crippen molar-refractivity contribution in [1.29, 1.82) is 0 Å². The summed E-state index contributed by atoms with van der Waals surface area (Å²) in [6, 6.07) is 6.51. The summed E-state index contributed by atoms with van der Waals surface area (Å²) in [7, 11) is 0. The molecule has 1 N–H and O–H groups in total. The largest absolute Gasteiger partial charge is 0.439 e. The lowest BCUT2D eigenvalue weighted by molar-refractivity contribution is 0.0727. The van der Waals surface area contributed by atoms with Crippen LogP contribution in [-0.2, 0) is 11.3 Å². The zero-order chi connectivity index (χ0) is 12.6. The molecule has 1 amide bonds. The monoisotopic (exact) mass is 250 g/mol. The van der Waals surface area contributed by atoms with Crippen molar-refractivity contribution in [1.82, 2.24) is 10.2 Å². The van der Waals surface area contributed by atoms with E-state index in [0.29, 0.717) is 18.7 Å². The van der Waals surface area contributed by atoms with Crippen molar-refractivity contribution in [3.05, 3.63) is 35.6 Å². The fraction of sp³-hybridized carbons (Fsp3) is 0.462. The second-order valence-electron chi connectivity index (χ2n) is 4.93. The fourth-order valence-corrected chi connectivity index (χ4v) is 2.59. The van der Waals surface area contributed by atoms with E-state index in [2.05, 4.69) is 5.32 Å². The highest BCUT2D eigenvalue weighted by Crippen LogP contribution is 2.29. The van der Waals surface area contributed by atoms with Crippen molar-refractivity contribution in [2.24, 2.45) is 0 Å². The van der Waals surface area contributed by atoms with E-state index < -0.39 is 5.60 Å². The molecule has 0 radical (unpaired) electrons. The van der Waals surface area contributed by atoms with Crippen LogP contribution in [0, 0.1) is 5.82 Å². The van der Waals surface area contributed by atoms with Gasteiger partial charge in [0.15, 0.2) is 0 Å². The summed E-state index contributed by atoms with van der Waals surface area (Å²) >= 11 is 0. The van der Waals surface area contributed by atoms with Crippen molar-refractivity contribution in [2.75, 3.05) is 19.6 Å². The topological polar surface area (TPSA) is 41.6 Å². The molecular formula is C13H15FN2O2. The summed E-state index contributed by atoms with van der Waals surface area (Å²) < 4.78 is 19.0. The fourth-order valence-electron chi connectivity index (χ4n) is 2.59. The molecule has 0 aliphatic carbocycles. The molecule has 1 atom stereocenters. The Morgan fingerprint density at radius 1 is 1.44 bits per heavy atom. The lowest BCUT2D eigenvalue weighted by Gasteiger charge is -2.19. The maximum Gasteiger partial charge on any atom is 0.410 e. The first-order valence-corrected chi connectivity index (χ1v) is 6.11. The van der Waals surface area contributed by atoms with Crippen molar-refractivity contribution in [2.45, 2.75) is 18.6 Å². The number of halogens is 1. The Morgan fingerprint density at radius 3 is 3.00 bits per heavy atom. The minimum Gasteiger partial charge on any atom is -0.439 e. The zero-order valence-corrected chi connectivity index (χ0v) is 9.99. The maximum atomic E-state index is 13.5. The van der Waals surface area contributed by atoms with Crippen molar-refractivity contribution in [3.63, 3.8) is 0 Å². The van der Waals surface area contributed by atoms with Gasteiger partial charge in [-0.2, -0.15) is 0 Å². The van der Waals surface area contributed by atoms with Crippen molar-refractivity contribution < 1.29 is 13.9 Å². The number of hydrogen-bond donors (Lipinski definition) is 1. The highest BCUT2D eigenvalue weighted by molar-refractivity contribution is 5.71. The lowest BCUT2D eigenvalue weighted by atomic mass is 10.0. The van der Waals surface area contributed by atoms with Crippen LogP contribution in [0.15, 0.2) is 24.3 Å². The average molecular weight is 250 g/mol. The molecule has 4 nitrogen and oxygen atoms in total. The molecule has 96 valence electrons. The molecule has 1 aromatic carbocycles. The third-order valence-corrected chi connectivity index (χ3v) is 3.56. The second-order valence-corrected chi connectivity index (χ2v) is 4.93. The highest BCUT2D eigenvalue weighted by atomic mass is 19.1. The number of carbonyl (C=O) groups is 1. The zero-order valence-electron chi connectivity index (χ0n) is 9.99. The molecule has 0 bridgehead atoms. The van der Waals surface area contributed by atoms with E-state index in [0.717, 1.165) is 13.0 Å². The first kappa shape index (κ1) is 11.5. The summed E-state index contributed by atoms with van der Waals surface area (Å²) in [5.41, 5.74) is 0.125. The maximum absolute atomic E-state index is 13.5. The van der Waals surface area contributed by atoms with Crippen molar-refractivity contribution in [3.8, 4) is 0 Å². The molecule has 1 aromatic rings. The number of rotatable bonds is 2. The van der Waals surface area contributed by atoms with Crippen molar-refractivity contribution >= 4 is 6.09 Å². The number of benzene rings is 1. The summed E-state index contributed by atoms with van der Waals surface area (Å²) in [6.07, 6.45) is 0.480. The van der Waals surface area contributed by atoms with Gasteiger partial charge in [0.1, 0.15) is 11.4 Å². The van der Waals surface area contributed by atoms with E-state index in [-0.39, 0.29) is 18.5 Å². The van der Waals surface area contributed by atoms with Crippen LogP contribution < -0.4 is 5.32 Å². The first-order valence-electron chi connectivity index (χ1n) is 6.11. The van der Waals surface area contributed by atoms with Crippen LogP contribution in [0.4, 0.5) is 9.18 Å². The predicted molar refractivity (Wildman–Crippen MR) is 63.5 cm³/mol. The van der Waals surface area contributed by atoms with E-state index in [4.69, 9.17) is 4.74 Å². The van der Waals surface area contributed by atoms with Gasteiger partial charge in [-0.05, 0) is 12.6 Å². The average Bonchev–Trinajstić information content (AvgIpc) is 2.91. The van der Waals surface area contributed by atoms with Gasteiger partial charge in [-0.1, -0.05) is 18.2 Å². The molecule has 2 fully saturated rings. The second kappa shape index (κ2) is 4.24. The molecule has 2 saturated heterocycles. The van der Waals surface area contributed by atoms with Gasteiger partial charge in [0.25, 0.3) is 0 Å². The van der Waals surface area contributed by atoms with E-state index in [1.807, 2.05) is 0 Å². The smallest absolute Gasteiger partial charge is 0.410 e. The van der Waals surface area contributed by atoms with Gasteiger partial charge >= 0.3 is 6.09 Å². The summed E-state index contributed by atoms with van der Waals surface area (Å²) in [4.78, 5) is 13.4. The third-order valence-electron chi connectivity index (χ3n) is 3.56. The van der Waals surface area contributed by atoms with Gasteiger partial charge in [-0.25, -0.2) is 9.18 Å². The molecule has 5 heteroatoms. The summed E-state index contributed by atoms with van der Waals surface area (Å²) in [5, 5.41) is 3.19. The van der Waals surface area contributed by atoms with Crippen LogP contribution in [0.2, 0.25) is 0 Å². The number of ether oxygens (including phenoxy) is 1. The van der Waals surface area contributed by atoms with Gasteiger partial charge in [0.05, 0.1) is 13.1 Å². The van der Waals surface area contributed by atoms with E-state index in [9.17, 15) is 9.18 Å². The van der Waals surface area contributed by atoms with E-state index in [1.165, 1.54) is 6.07 Å². The first-order chi connectivity index (χ1) is 8.69. The van der Waals surface area contributed by atoms with Crippen LogP contribution in [0.3, 0.4) is 0 Å². The molecule has 18 heavy (non-hydrogen) atoms. The molecule has 0 saturated carbocycles. The summed E-state index contributed by atoms with van der Waals surface area (Å²) in [5.74, 6) is -0.282. The number of carbonyl (C=O) groups excluding carboxylic acids is 1. The predicted octanol–water partition coefficient (Wildman–Crippen LogP) is 1.51. The molecule has 3 rings (SSSR count). The molecule has 1 unspecified atom stereocenters. The van der Waals surface area contributed by atoms with Crippen LogP contribution in [0.25, 0.3) is 0 Å². The lowest BCUT2D eigenvalue weighted by Crippen LogP contribution is -2.36. The number of nitrogens with one attached hydrogen (secondary N) is 1. The number of amides is 1. The highest BCUT2D eigenvalue weighted by Gasteiger charge is 2.46. The van der Waals surface area contributed by atoms with Crippen LogP contribution in [0.1, 0.15) is 12.0 Å². The van der Waals surface area contributed by atoms with Crippen LogP contribution >= 0.6 is 0 Å². The Balaban J connectivity index is 1.74. The SMILES string of the molecule is O=C1OC2(CCNC2)CN1Cc1ccccc1F. The molecule has 1 spiro atoms. The Labute approximate surface area is 105 Å². The van der Waals surface area contributed by atoms with Gasteiger partial charge in [-0.15, -0.1) is 0 Å². The standard InChI is InChI=1S/C13H15FN2O2/c14-11-4-2-1-3-10(11)7-16-9-13(18-12(16)17)5-6-15-8-13/h1-4,15H,5-9H2. The van der Waals surface area contributed by atoms with Gasteiger partial charge in [-0.3, -0.25) is 4.90 Å². The Hall–Kier alpha value is -1.62. The third kappa shape index (κ3) is 1.95. The van der Waals surface area contributed by atoms with E-state index in [1.54, 1.807) is 23.1 Å². The molecule has 0 aromatic heterocycles. The van der Waals surface area contributed by atoms with Gasteiger partial charge < -0.3 is 10.1 Å². The van der Waals surface area contributed by atoms with Crippen LogP contribution in [0.5, 0.6) is 0 Å². The Bertz CT molecular complexity index is 472. The molecule has 2 aliphatic heterocycles. The number of hydrogen-bond acceptors (Lipinski definition) is 3. The minimum absolute atomic E-state index is 0.271. The van der Waals surface area contributed by atoms with Gasteiger partial charge in [0, 0.05) is 18.5 Å². The quantitative estimate of drug-likeness (QED) is 0.865. The Morgan fingerprint density at radius 2 is 2.28 bits per heavy atom. The molecule has 2 aliphatic rings. The molecular weight excluding hydrogens is 235 g/mol. The normalized spacial score (nSPS) is 26.9. The van der Waals surface area contributed by atoms with Crippen LogP contribution in [-0.4, -0.2) is 36.2 Å². The van der Waals surface area contributed by atoms with E-state index >= 15 is 0 Å². The van der Waals surface area contributed by atoms with Gasteiger partial charge in [0.2, 0.25) is 0 Å². The minimum atomic E-state index is -0.400.